The Bertz CT molecular complexity index is 741. The van der Waals surface area contributed by atoms with Crippen molar-refractivity contribution in [1.29, 1.82) is 0 Å². The third kappa shape index (κ3) is 2.44. The van der Waals surface area contributed by atoms with Crippen molar-refractivity contribution in [2.45, 2.75) is 0 Å². The van der Waals surface area contributed by atoms with E-state index in [1.807, 2.05) is 96.9 Å². The Kier molecular flexibility index (Phi) is 4.20. The van der Waals surface area contributed by atoms with Crippen molar-refractivity contribution in [1.82, 2.24) is 0 Å². The molecule has 3 heteroatoms. The van der Waals surface area contributed by atoms with Crippen molar-refractivity contribution in [3.8, 4) is 0 Å². The van der Waals surface area contributed by atoms with E-state index < -0.39 is 5.96 Å². The molecule has 23 heavy (non-hydrogen) atoms. The number of carbonyl (C=O) groups excluding carboxylic acids is 1. The molecule has 0 saturated carbocycles. The fourth-order valence-electron chi connectivity index (χ4n) is 2.93. The predicted octanol–water partition coefficient (Wildman–Crippen LogP) is 4.02. The van der Waals surface area contributed by atoms with Crippen LogP contribution in [0.15, 0.2) is 96.8 Å². The Balaban J connectivity index is 2.49. The Morgan fingerprint density at radius 3 is 1.22 bits per heavy atom. The average molecular weight is 339 g/mol. The van der Waals surface area contributed by atoms with Gasteiger partial charge in [0.2, 0.25) is 0 Å². The molecule has 0 heterocycles. The standard InChI is InChI=1S/C20H16ClOP/c21-23(17-16-22,18-10-4-1-5-11-18,19-12-6-2-7-13-19)20-14-8-3-9-15-20/h1-15,17H. The van der Waals surface area contributed by atoms with Crippen molar-refractivity contribution >= 4 is 39.1 Å². The van der Waals surface area contributed by atoms with Crippen LogP contribution in [0.25, 0.3) is 0 Å². The molecule has 3 aromatic carbocycles. The summed E-state index contributed by atoms with van der Waals surface area (Å²) in [5.74, 6) is 0.0247. The van der Waals surface area contributed by atoms with Gasteiger partial charge < -0.3 is 0 Å². The van der Waals surface area contributed by atoms with E-state index in [-0.39, 0.29) is 0 Å². The minimum absolute atomic E-state index is 0.931. The first kappa shape index (κ1) is 15.7. The van der Waals surface area contributed by atoms with Crippen LogP contribution >= 0.6 is 17.2 Å². The second-order valence-electron chi connectivity index (χ2n) is 5.33. The van der Waals surface area contributed by atoms with E-state index in [1.54, 1.807) is 0 Å². The van der Waals surface area contributed by atoms with Gasteiger partial charge in [-0.3, -0.25) is 0 Å². The zero-order valence-electron chi connectivity index (χ0n) is 12.5. The summed E-state index contributed by atoms with van der Waals surface area (Å²) >= 11 is 7.49. The van der Waals surface area contributed by atoms with Gasteiger partial charge in [-0.15, -0.1) is 0 Å². The van der Waals surface area contributed by atoms with Crippen LogP contribution in [0.1, 0.15) is 0 Å². The zero-order valence-corrected chi connectivity index (χ0v) is 14.1. The van der Waals surface area contributed by atoms with E-state index in [9.17, 15) is 4.79 Å². The van der Waals surface area contributed by atoms with Crippen molar-refractivity contribution in [3.05, 3.63) is 96.8 Å². The normalized spacial score (nSPS) is 12.7. The SMILES string of the molecule is O=C=CP(Cl)(c1ccccc1)(c1ccccc1)c1ccccc1. The summed E-state index contributed by atoms with van der Waals surface area (Å²) < 4.78 is 0. The fourth-order valence-corrected chi connectivity index (χ4v) is 7.87. The zero-order chi connectivity index (χ0) is 16.2. The third-order valence-electron chi connectivity index (χ3n) is 4.08. The molecule has 0 aliphatic heterocycles. The second kappa shape index (κ2) is 6.14. The van der Waals surface area contributed by atoms with Crippen molar-refractivity contribution in [2.24, 2.45) is 0 Å². The second-order valence-corrected chi connectivity index (χ2v) is 11.4. The van der Waals surface area contributed by atoms with Crippen LogP contribution < -0.4 is 15.9 Å². The molecule has 114 valence electrons. The molecule has 3 rings (SSSR count). The van der Waals surface area contributed by atoms with Crippen molar-refractivity contribution < 1.29 is 4.79 Å². The number of rotatable bonds is 4. The summed E-state index contributed by atoms with van der Waals surface area (Å²) in [5, 5.41) is 2.79. The molecule has 1 nitrogen and oxygen atoms in total. The van der Waals surface area contributed by atoms with Crippen LogP contribution in [-0.2, 0) is 4.79 Å². The quantitative estimate of drug-likeness (QED) is 0.519. The summed E-state index contributed by atoms with van der Waals surface area (Å²) in [6.07, 6.45) is 0. The summed E-state index contributed by atoms with van der Waals surface area (Å²) in [6.45, 7) is 0. The summed E-state index contributed by atoms with van der Waals surface area (Å²) in [6, 6.07) is 29.4. The third-order valence-corrected chi connectivity index (χ3v) is 10.6. The average Bonchev–Trinajstić information content (AvgIpc) is 2.64. The summed E-state index contributed by atoms with van der Waals surface area (Å²) in [7, 11) is 0. The summed E-state index contributed by atoms with van der Waals surface area (Å²) in [5.41, 5.74) is 0. The molecule has 3 aromatic rings. The molecule has 0 atom stereocenters. The van der Waals surface area contributed by atoms with E-state index in [0.717, 1.165) is 15.9 Å². The maximum atomic E-state index is 11.5. The summed E-state index contributed by atoms with van der Waals surface area (Å²) in [4.78, 5) is 11.5. The number of hydrogen-bond acceptors (Lipinski definition) is 1. The van der Waals surface area contributed by atoms with Gasteiger partial charge in [-0.2, -0.15) is 0 Å². The van der Waals surface area contributed by atoms with E-state index in [4.69, 9.17) is 11.2 Å². The number of benzene rings is 3. The van der Waals surface area contributed by atoms with Crippen LogP contribution in [0.2, 0.25) is 0 Å². The molecule has 0 saturated heterocycles. The van der Waals surface area contributed by atoms with Gasteiger partial charge in [0, 0.05) is 0 Å². The monoisotopic (exact) mass is 338 g/mol. The van der Waals surface area contributed by atoms with Crippen molar-refractivity contribution in [3.63, 3.8) is 0 Å². The molecule has 0 aromatic heterocycles. The Morgan fingerprint density at radius 1 is 0.652 bits per heavy atom. The minimum atomic E-state index is -3.51. The molecule has 0 aliphatic rings. The van der Waals surface area contributed by atoms with Gasteiger partial charge >= 0.3 is 141 Å². The van der Waals surface area contributed by atoms with Gasteiger partial charge in [0.1, 0.15) is 0 Å². The molecule has 0 radical (unpaired) electrons. The van der Waals surface area contributed by atoms with Crippen LogP contribution in [0.4, 0.5) is 0 Å². The number of hydrogen-bond donors (Lipinski definition) is 0. The molecule has 0 fully saturated rings. The topological polar surface area (TPSA) is 17.1 Å². The van der Waals surface area contributed by atoms with E-state index in [1.165, 1.54) is 5.82 Å². The Labute approximate surface area is 141 Å². The fraction of sp³-hybridized carbons (Fsp3) is 0. The van der Waals surface area contributed by atoms with E-state index >= 15 is 0 Å². The van der Waals surface area contributed by atoms with Crippen LogP contribution in [0.5, 0.6) is 0 Å². The van der Waals surface area contributed by atoms with Gasteiger partial charge in [0.05, 0.1) is 0 Å². The molecular formula is C20H16ClOP. The van der Waals surface area contributed by atoms with Crippen LogP contribution in [-0.4, -0.2) is 5.94 Å². The first-order valence-electron chi connectivity index (χ1n) is 7.32. The van der Waals surface area contributed by atoms with Gasteiger partial charge in [-0.25, -0.2) is 0 Å². The van der Waals surface area contributed by atoms with Gasteiger partial charge in [0.15, 0.2) is 0 Å². The first-order valence-corrected chi connectivity index (χ1v) is 10.5. The molecule has 0 N–H and O–H groups in total. The Morgan fingerprint density at radius 2 is 0.957 bits per heavy atom. The van der Waals surface area contributed by atoms with Crippen LogP contribution in [0.3, 0.4) is 0 Å². The Hall–Kier alpha value is -2.17. The molecular weight excluding hydrogens is 323 g/mol. The molecule has 0 bridgehead atoms. The van der Waals surface area contributed by atoms with Gasteiger partial charge in [-0.05, 0) is 0 Å². The maximum absolute atomic E-state index is 11.5. The molecule has 0 aliphatic carbocycles. The molecule has 0 unspecified atom stereocenters. The van der Waals surface area contributed by atoms with Gasteiger partial charge in [-0.1, -0.05) is 0 Å². The molecule has 0 amide bonds. The van der Waals surface area contributed by atoms with Crippen LogP contribution in [0, 0.1) is 0 Å². The molecule has 0 spiro atoms. The predicted molar refractivity (Wildman–Crippen MR) is 101 cm³/mol. The first-order chi connectivity index (χ1) is 11.2. The number of halogens is 1. The van der Waals surface area contributed by atoms with Crippen molar-refractivity contribution in [2.75, 3.05) is 0 Å². The van der Waals surface area contributed by atoms with E-state index in [2.05, 4.69) is 0 Å². The van der Waals surface area contributed by atoms with E-state index in [0.29, 0.717) is 0 Å². The van der Waals surface area contributed by atoms with Gasteiger partial charge in [0.25, 0.3) is 0 Å².